The molecular weight excluding hydrogens is 224 g/mol. The number of aliphatic hydroxyl groups is 1. The molecule has 1 aromatic carbocycles. The summed E-state index contributed by atoms with van der Waals surface area (Å²) in [6.45, 7) is 8.34. The van der Waals surface area contributed by atoms with Crippen LogP contribution in [0.1, 0.15) is 46.1 Å². The molecule has 0 radical (unpaired) electrons. The predicted octanol–water partition coefficient (Wildman–Crippen LogP) is 3.82. The first-order valence-corrected chi connectivity index (χ1v) is 6.90. The van der Waals surface area contributed by atoms with Gasteiger partial charge in [0.05, 0.1) is 5.60 Å². The van der Waals surface area contributed by atoms with E-state index in [1.54, 1.807) is 0 Å². The molecule has 18 heavy (non-hydrogen) atoms. The number of hydrogen-bond acceptors (Lipinski definition) is 2. The Bertz CT molecular complexity index is 339. The van der Waals surface area contributed by atoms with E-state index >= 15 is 0 Å². The highest BCUT2D eigenvalue weighted by Crippen LogP contribution is 2.19. The lowest BCUT2D eigenvalue weighted by molar-refractivity contribution is -0.0266. The fraction of sp³-hybridized carbons (Fsp3) is 0.625. The number of benzene rings is 1. The van der Waals surface area contributed by atoms with E-state index in [1.165, 1.54) is 18.4 Å². The molecule has 0 aliphatic heterocycles. The third-order valence-electron chi connectivity index (χ3n) is 3.52. The summed E-state index contributed by atoms with van der Waals surface area (Å²) in [5.41, 5.74) is 0.570. The quantitative estimate of drug-likeness (QED) is 0.797. The lowest BCUT2D eigenvalue weighted by atomic mass is 9.94. The first-order valence-electron chi connectivity index (χ1n) is 6.90. The minimum atomic E-state index is -0.777. The molecule has 0 aliphatic rings. The molecule has 1 unspecified atom stereocenters. The third kappa shape index (κ3) is 4.69. The zero-order valence-corrected chi connectivity index (χ0v) is 12.1. The van der Waals surface area contributed by atoms with E-state index in [0.717, 1.165) is 12.2 Å². The van der Waals surface area contributed by atoms with E-state index in [9.17, 15) is 5.11 Å². The van der Waals surface area contributed by atoms with Crippen molar-refractivity contribution in [2.24, 2.45) is 5.92 Å². The average molecular weight is 250 g/mol. The summed E-state index contributed by atoms with van der Waals surface area (Å²) in [5.74, 6) is 1.01. The topological polar surface area (TPSA) is 29.5 Å². The van der Waals surface area contributed by atoms with Crippen LogP contribution in [-0.2, 0) is 6.42 Å². The van der Waals surface area contributed by atoms with Crippen LogP contribution in [0.25, 0.3) is 0 Å². The lowest BCUT2D eigenvalue weighted by Crippen LogP contribution is -2.37. The molecule has 0 spiro atoms. The Kier molecular flexibility index (Phi) is 5.67. The number of rotatable bonds is 7. The average Bonchev–Trinajstić information content (AvgIpc) is 2.35. The van der Waals surface area contributed by atoms with Gasteiger partial charge in [-0.2, -0.15) is 0 Å². The molecule has 1 aromatic rings. The molecule has 1 atom stereocenters. The van der Waals surface area contributed by atoms with Crippen LogP contribution in [0.4, 0.5) is 0 Å². The van der Waals surface area contributed by atoms with Crippen LogP contribution in [0.2, 0.25) is 0 Å². The van der Waals surface area contributed by atoms with Crippen molar-refractivity contribution in [1.29, 1.82) is 0 Å². The van der Waals surface area contributed by atoms with Gasteiger partial charge in [-0.15, -0.1) is 0 Å². The summed E-state index contributed by atoms with van der Waals surface area (Å²) in [6, 6.07) is 8.19. The first kappa shape index (κ1) is 15.0. The van der Waals surface area contributed by atoms with Gasteiger partial charge in [0.2, 0.25) is 0 Å². The van der Waals surface area contributed by atoms with Gasteiger partial charge in [-0.1, -0.05) is 39.3 Å². The van der Waals surface area contributed by atoms with Crippen molar-refractivity contribution in [3.8, 4) is 5.75 Å². The maximum Gasteiger partial charge on any atom is 0.119 e. The second-order valence-electron chi connectivity index (χ2n) is 5.55. The van der Waals surface area contributed by atoms with Gasteiger partial charge in [-0.25, -0.2) is 0 Å². The van der Waals surface area contributed by atoms with Crippen molar-refractivity contribution in [3.05, 3.63) is 29.8 Å². The fourth-order valence-electron chi connectivity index (χ4n) is 1.53. The minimum absolute atomic E-state index is 0.182. The molecule has 0 saturated heterocycles. The number of aryl methyl sites for hydroxylation is 1. The molecule has 0 bridgehead atoms. The van der Waals surface area contributed by atoms with Crippen LogP contribution in [0.15, 0.2) is 24.3 Å². The second kappa shape index (κ2) is 6.79. The number of hydrogen-bond donors (Lipinski definition) is 1. The summed E-state index contributed by atoms with van der Waals surface area (Å²) < 4.78 is 5.64. The maximum absolute atomic E-state index is 10.1. The smallest absolute Gasteiger partial charge is 0.119 e. The van der Waals surface area contributed by atoms with Crippen molar-refractivity contribution in [3.63, 3.8) is 0 Å². The summed E-state index contributed by atoms with van der Waals surface area (Å²) in [4.78, 5) is 0. The van der Waals surface area contributed by atoms with E-state index in [2.05, 4.69) is 19.1 Å². The molecule has 0 amide bonds. The van der Waals surface area contributed by atoms with E-state index in [-0.39, 0.29) is 5.92 Å². The molecule has 102 valence electrons. The monoisotopic (exact) mass is 250 g/mol. The molecule has 2 nitrogen and oxygen atoms in total. The second-order valence-corrected chi connectivity index (χ2v) is 5.55. The number of unbranched alkanes of at least 4 members (excludes halogenated alkanes) is 1. The Balaban J connectivity index is 2.49. The molecule has 0 fully saturated rings. The van der Waals surface area contributed by atoms with Crippen molar-refractivity contribution < 1.29 is 9.84 Å². The lowest BCUT2D eigenvalue weighted by Gasteiger charge is -2.27. The van der Waals surface area contributed by atoms with Crippen molar-refractivity contribution >= 4 is 0 Å². The van der Waals surface area contributed by atoms with Crippen LogP contribution in [0.5, 0.6) is 5.75 Å². The SMILES string of the molecule is CCCCc1ccc(OCC(C)(O)C(C)C)cc1. The van der Waals surface area contributed by atoms with Gasteiger partial charge < -0.3 is 9.84 Å². The minimum Gasteiger partial charge on any atom is -0.491 e. The summed E-state index contributed by atoms with van der Waals surface area (Å²) in [6.07, 6.45) is 3.57. The molecule has 0 saturated carbocycles. The molecule has 2 heteroatoms. The highest BCUT2D eigenvalue weighted by Gasteiger charge is 2.25. The highest BCUT2D eigenvalue weighted by molar-refractivity contribution is 5.27. The summed E-state index contributed by atoms with van der Waals surface area (Å²) >= 11 is 0. The predicted molar refractivity (Wildman–Crippen MR) is 76.0 cm³/mol. The normalized spacial score (nSPS) is 14.6. The molecule has 1 rings (SSSR count). The van der Waals surface area contributed by atoms with Crippen LogP contribution in [0, 0.1) is 5.92 Å². The van der Waals surface area contributed by atoms with Crippen molar-refractivity contribution in [2.45, 2.75) is 52.6 Å². The maximum atomic E-state index is 10.1. The van der Waals surface area contributed by atoms with Crippen LogP contribution >= 0.6 is 0 Å². The van der Waals surface area contributed by atoms with E-state index < -0.39 is 5.60 Å². The third-order valence-corrected chi connectivity index (χ3v) is 3.52. The largest absolute Gasteiger partial charge is 0.491 e. The van der Waals surface area contributed by atoms with Crippen molar-refractivity contribution in [2.75, 3.05) is 6.61 Å². The van der Waals surface area contributed by atoms with Gasteiger partial charge in [0, 0.05) is 0 Å². The van der Waals surface area contributed by atoms with Crippen LogP contribution in [-0.4, -0.2) is 17.3 Å². The Morgan fingerprint density at radius 2 is 1.83 bits per heavy atom. The molecule has 1 N–H and O–H groups in total. The van der Waals surface area contributed by atoms with Gasteiger partial charge in [0.15, 0.2) is 0 Å². The van der Waals surface area contributed by atoms with E-state index in [0.29, 0.717) is 6.61 Å². The zero-order valence-electron chi connectivity index (χ0n) is 12.1. The van der Waals surface area contributed by atoms with E-state index in [4.69, 9.17) is 4.74 Å². The standard InChI is InChI=1S/C16H26O2/c1-5-6-7-14-8-10-15(11-9-14)18-12-16(4,17)13(2)3/h8-11,13,17H,5-7,12H2,1-4H3. The van der Waals surface area contributed by atoms with Crippen molar-refractivity contribution in [1.82, 2.24) is 0 Å². The Morgan fingerprint density at radius 1 is 1.22 bits per heavy atom. The van der Waals surface area contributed by atoms with Gasteiger partial charge in [0.1, 0.15) is 12.4 Å². The van der Waals surface area contributed by atoms with E-state index in [1.807, 2.05) is 32.9 Å². The summed E-state index contributed by atoms with van der Waals surface area (Å²) in [7, 11) is 0. The Hall–Kier alpha value is -1.02. The molecular formula is C16H26O2. The van der Waals surface area contributed by atoms with Crippen LogP contribution < -0.4 is 4.74 Å². The number of ether oxygens (including phenoxy) is 1. The molecule has 0 heterocycles. The van der Waals surface area contributed by atoms with Crippen LogP contribution in [0.3, 0.4) is 0 Å². The van der Waals surface area contributed by atoms with Gasteiger partial charge in [-0.3, -0.25) is 0 Å². The Labute approximate surface area is 111 Å². The highest BCUT2D eigenvalue weighted by atomic mass is 16.5. The Morgan fingerprint density at radius 3 is 2.33 bits per heavy atom. The fourth-order valence-corrected chi connectivity index (χ4v) is 1.53. The summed E-state index contributed by atoms with van der Waals surface area (Å²) in [5, 5.41) is 10.1. The zero-order chi connectivity index (χ0) is 13.6. The molecule has 0 aromatic heterocycles. The molecule has 0 aliphatic carbocycles. The van der Waals surface area contributed by atoms with Gasteiger partial charge in [0.25, 0.3) is 0 Å². The van der Waals surface area contributed by atoms with Gasteiger partial charge in [-0.05, 0) is 43.4 Å². The van der Waals surface area contributed by atoms with Gasteiger partial charge >= 0.3 is 0 Å². The first-order chi connectivity index (χ1) is 8.45.